The molecule has 1 N–H and O–H groups in total. The number of aliphatic imine (C=N–C) groups is 1. The molecule has 0 bridgehead atoms. The zero-order chi connectivity index (χ0) is 11.0. The Kier molecular flexibility index (Phi) is 4.13. The fourth-order valence-corrected chi connectivity index (χ4v) is 2.67. The minimum absolute atomic E-state index is 0. The molecule has 0 spiro atoms. The van der Waals surface area contributed by atoms with Crippen molar-refractivity contribution in [3.05, 3.63) is 40.8 Å². The minimum atomic E-state index is 0. The van der Waals surface area contributed by atoms with E-state index < -0.39 is 0 Å². The average Bonchev–Trinajstić information content (AvgIpc) is 2.63. The van der Waals surface area contributed by atoms with Gasteiger partial charge < -0.3 is 10.3 Å². The standard InChI is InChI=1S/C13H11N2S.Y/c1-2-10-7-9-8-14-11-5-3-4-6-12(11)15-13(9)16-10;/h3-7,15H,2H2,1H3;/q-1;. The third-order valence-electron chi connectivity index (χ3n) is 2.58. The Balaban J connectivity index is 0.00000108. The largest absolute Gasteiger partial charge is 0.392 e. The second-order valence-corrected chi connectivity index (χ2v) is 4.81. The quantitative estimate of drug-likeness (QED) is 0.675. The van der Waals surface area contributed by atoms with Gasteiger partial charge in [0, 0.05) is 49.1 Å². The first-order valence-electron chi connectivity index (χ1n) is 5.32. The molecule has 1 aliphatic heterocycles. The molecule has 4 heteroatoms. The molecule has 2 nitrogen and oxygen atoms in total. The second kappa shape index (κ2) is 5.43. The van der Waals surface area contributed by atoms with E-state index in [9.17, 15) is 0 Å². The van der Waals surface area contributed by atoms with Crippen molar-refractivity contribution in [3.8, 4) is 0 Å². The molecule has 0 amide bonds. The molecule has 83 valence electrons. The maximum Gasteiger partial charge on any atom is 0.0177 e. The predicted octanol–water partition coefficient (Wildman–Crippen LogP) is 3.99. The second-order valence-electron chi connectivity index (χ2n) is 3.67. The van der Waals surface area contributed by atoms with E-state index in [4.69, 9.17) is 0 Å². The van der Waals surface area contributed by atoms with E-state index in [1.54, 1.807) is 11.3 Å². The van der Waals surface area contributed by atoms with E-state index in [0.29, 0.717) is 0 Å². The zero-order valence-electron chi connectivity index (χ0n) is 9.53. The molecule has 1 radical (unpaired) electrons. The molecular formula is C13H11N2SY-. The van der Waals surface area contributed by atoms with Gasteiger partial charge in [0.25, 0.3) is 0 Å². The van der Waals surface area contributed by atoms with Crippen molar-refractivity contribution in [2.45, 2.75) is 13.3 Å². The molecule has 1 aromatic heterocycles. The Hall–Kier alpha value is -0.506. The van der Waals surface area contributed by atoms with Crippen molar-refractivity contribution in [1.82, 2.24) is 0 Å². The van der Waals surface area contributed by atoms with E-state index in [1.807, 2.05) is 24.3 Å². The minimum Gasteiger partial charge on any atom is -0.392 e. The van der Waals surface area contributed by atoms with Gasteiger partial charge in [-0.25, -0.2) is 0 Å². The first-order chi connectivity index (χ1) is 7.86. The van der Waals surface area contributed by atoms with Gasteiger partial charge in [0.15, 0.2) is 0 Å². The van der Waals surface area contributed by atoms with Crippen LogP contribution in [0.15, 0.2) is 35.3 Å². The number of benzene rings is 1. The maximum absolute atomic E-state index is 4.37. The molecule has 0 unspecified atom stereocenters. The summed E-state index contributed by atoms with van der Waals surface area (Å²) < 4.78 is 0. The molecule has 2 aromatic rings. The van der Waals surface area contributed by atoms with E-state index >= 15 is 0 Å². The van der Waals surface area contributed by atoms with E-state index in [-0.39, 0.29) is 32.7 Å². The summed E-state index contributed by atoms with van der Waals surface area (Å²) in [6.07, 6.45) is 4.17. The number of nitrogens with zero attached hydrogens (tertiary/aromatic N) is 1. The van der Waals surface area contributed by atoms with Gasteiger partial charge in [0.1, 0.15) is 0 Å². The molecule has 0 saturated heterocycles. The Morgan fingerprint density at radius 3 is 3.00 bits per heavy atom. The fourth-order valence-electron chi connectivity index (χ4n) is 1.71. The topological polar surface area (TPSA) is 24.4 Å². The van der Waals surface area contributed by atoms with Crippen LogP contribution in [0.3, 0.4) is 0 Å². The molecule has 0 atom stereocenters. The van der Waals surface area contributed by atoms with Crippen LogP contribution in [-0.2, 0) is 39.1 Å². The number of aryl methyl sites for hydroxylation is 1. The molecule has 17 heavy (non-hydrogen) atoms. The average molecular weight is 316 g/mol. The number of hydrogen-bond acceptors (Lipinski definition) is 3. The van der Waals surface area contributed by atoms with Crippen LogP contribution in [0.2, 0.25) is 0 Å². The number of nitrogens with one attached hydrogen (secondary N) is 1. The Bertz CT molecular complexity index is 560. The Labute approximate surface area is 130 Å². The van der Waals surface area contributed by atoms with Gasteiger partial charge in [0.2, 0.25) is 0 Å². The molecule has 1 aliphatic rings. The molecular weight excluding hydrogens is 305 g/mol. The molecule has 0 aliphatic carbocycles. The van der Waals surface area contributed by atoms with Crippen molar-refractivity contribution in [1.29, 1.82) is 0 Å². The van der Waals surface area contributed by atoms with Crippen LogP contribution in [0.4, 0.5) is 16.4 Å². The van der Waals surface area contributed by atoms with Gasteiger partial charge in [-0.15, -0.1) is 6.07 Å². The fraction of sp³-hybridized carbons (Fsp3) is 0.154. The van der Waals surface area contributed by atoms with Gasteiger partial charge in [-0.2, -0.15) is 11.3 Å². The van der Waals surface area contributed by atoms with Crippen LogP contribution in [0.1, 0.15) is 17.4 Å². The number of para-hydroxylation sites is 2. The van der Waals surface area contributed by atoms with Crippen molar-refractivity contribution < 1.29 is 32.7 Å². The van der Waals surface area contributed by atoms with Gasteiger partial charge >= 0.3 is 0 Å². The maximum atomic E-state index is 4.37. The summed E-state index contributed by atoms with van der Waals surface area (Å²) in [6, 6.07) is 10.2. The predicted molar refractivity (Wildman–Crippen MR) is 69.6 cm³/mol. The van der Waals surface area contributed by atoms with Gasteiger partial charge in [-0.05, 0) is 23.6 Å². The summed E-state index contributed by atoms with van der Waals surface area (Å²) in [5, 5.41) is 4.56. The van der Waals surface area contributed by atoms with Gasteiger partial charge in [-0.3, -0.25) is 0 Å². The van der Waals surface area contributed by atoms with Crippen LogP contribution < -0.4 is 5.32 Å². The molecule has 0 saturated carbocycles. The van der Waals surface area contributed by atoms with Crippen LogP contribution in [0.25, 0.3) is 0 Å². The first kappa shape index (κ1) is 12.9. The SMILES string of the molecule is CCc1cc2c(s1)Nc1ccccc1N=[C-]2.[Y]. The summed E-state index contributed by atoms with van der Waals surface area (Å²) in [5.74, 6) is 0. The van der Waals surface area contributed by atoms with Crippen LogP contribution in [0, 0.1) is 0 Å². The first-order valence-corrected chi connectivity index (χ1v) is 6.14. The summed E-state index contributed by atoms with van der Waals surface area (Å²) >= 11 is 1.78. The van der Waals surface area contributed by atoms with E-state index in [1.165, 1.54) is 4.88 Å². The number of fused-ring (bicyclic) bond motifs is 2. The third kappa shape index (κ3) is 2.51. The number of thiophene rings is 1. The number of anilines is 2. The van der Waals surface area contributed by atoms with E-state index in [0.717, 1.165) is 28.4 Å². The van der Waals surface area contributed by atoms with Crippen molar-refractivity contribution >= 4 is 33.9 Å². The van der Waals surface area contributed by atoms with Crippen molar-refractivity contribution in [3.63, 3.8) is 0 Å². The van der Waals surface area contributed by atoms with Gasteiger partial charge in [-0.1, -0.05) is 30.7 Å². The molecule has 1 aromatic carbocycles. The zero-order valence-corrected chi connectivity index (χ0v) is 13.2. The van der Waals surface area contributed by atoms with Crippen LogP contribution in [0.5, 0.6) is 0 Å². The van der Waals surface area contributed by atoms with Crippen molar-refractivity contribution in [2.75, 3.05) is 5.32 Å². The van der Waals surface area contributed by atoms with Crippen LogP contribution in [-0.4, -0.2) is 6.21 Å². The number of rotatable bonds is 1. The van der Waals surface area contributed by atoms with Crippen molar-refractivity contribution in [2.24, 2.45) is 4.99 Å². The molecule has 2 heterocycles. The summed E-state index contributed by atoms with van der Waals surface area (Å²) in [7, 11) is 0. The van der Waals surface area contributed by atoms with Gasteiger partial charge in [0.05, 0.1) is 0 Å². The van der Waals surface area contributed by atoms with Crippen LogP contribution >= 0.6 is 11.3 Å². The van der Waals surface area contributed by atoms with E-state index in [2.05, 4.69) is 29.5 Å². The Morgan fingerprint density at radius 2 is 2.18 bits per heavy atom. The molecule has 0 fully saturated rings. The summed E-state index contributed by atoms with van der Waals surface area (Å²) in [6.45, 7) is 2.16. The summed E-state index contributed by atoms with van der Waals surface area (Å²) in [5.41, 5.74) is 3.07. The smallest absolute Gasteiger partial charge is 0.0177 e. The summed E-state index contributed by atoms with van der Waals surface area (Å²) in [4.78, 5) is 5.73. The number of hydrogen-bond donors (Lipinski definition) is 1. The normalized spacial score (nSPS) is 11.8. The monoisotopic (exact) mass is 316 g/mol. The third-order valence-corrected chi connectivity index (χ3v) is 3.78. The Morgan fingerprint density at radius 1 is 1.35 bits per heavy atom. The molecule has 3 rings (SSSR count).